The first-order chi connectivity index (χ1) is 15.6. The molecule has 2 heterocycles. The number of hydrogen-bond acceptors (Lipinski definition) is 5. The Balaban J connectivity index is 1.30. The number of ether oxygens (including phenoxy) is 1. The molecule has 1 amide bonds. The van der Waals surface area contributed by atoms with E-state index in [1.807, 2.05) is 0 Å². The highest BCUT2D eigenvalue weighted by Gasteiger charge is 2.31. The van der Waals surface area contributed by atoms with Gasteiger partial charge in [0.2, 0.25) is 0 Å². The lowest BCUT2D eigenvalue weighted by atomic mass is 10.0. The van der Waals surface area contributed by atoms with Crippen molar-refractivity contribution in [3.63, 3.8) is 0 Å². The maximum absolute atomic E-state index is 14.8. The molecule has 2 fully saturated rings. The van der Waals surface area contributed by atoms with E-state index in [4.69, 9.17) is 4.74 Å². The van der Waals surface area contributed by atoms with Gasteiger partial charge in [0.05, 0.1) is 5.56 Å². The smallest absolute Gasteiger partial charge is 0.264 e. The molecule has 1 unspecified atom stereocenters. The highest BCUT2D eigenvalue weighted by atomic mass is 32.2. The van der Waals surface area contributed by atoms with Gasteiger partial charge >= 0.3 is 0 Å². The molecule has 7 heteroatoms. The number of halogens is 1. The zero-order chi connectivity index (χ0) is 22.1. The normalized spacial score (nSPS) is 20.8. The molecule has 2 aromatic rings. The van der Waals surface area contributed by atoms with Gasteiger partial charge in [0.1, 0.15) is 17.7 Å². The van der Waals surface area contributed by atoms with Crippen molar-refractivity contribution in [2.75, 3.05) is 19.3 Å². The van der Waals surface area contributed by atoms with Crippen molar-refractivity contribution in [1.82, 2.24) is 14.9 Å². The van der Waals surface area contributed by atoms with Crippen molar-refractivity contribution in [1.29, 1.82) is 0 Å². The lowest BCUT2D eigenvalue weighted by molar-refractivity contribution is 0.0831. The molecule has 5 rings (SSSR count). The molecule has 1 aliphatic carbocycles. The van der Waals surface area contributed by atoms with E-state index in [9.17, 15) is 9.18 Å². The summed E-state index contributed by atoms with van der Waals surface area (Å²) in [4.78, 5) is 14.7. The van der Waals surface area contributed by atoms with Gasteiger partial charge in [-0.2, -0.15) is 0 Å². The lowest BCUT2D eigenvalue weighted by Gasteiger charge is -2.33. The average molecular weight is 456 g/mol. The summed E-state index contributed by atoms with van der Waals surface area (Å²) in [5.74, 6) is 0.0704. The largest absolute Gasteiger partial charge is 0.489 e. The minimum absolute atomic E-state index is 0.0291. The molecule has 1 atom stereocenters. The Bertz CT molecular complexity index is 1010. The molecule has 2 aliphatic heterocycles. The van der Waals surface area contributed by atoms with Crippen molar-refractivity contribution in [2.24, 2.45) is 0 Å². The molecule has 0 aromatic heterocycles. The molecule has 5 nitrogen and oxygen atoms in total. The van der Waals surface area contributed by atoms with Crippen LogP contribution in [0, 0.1) is 5.82 Å². The molecule has 32 heavy (non-hydrogen) atoms. The summed E-state index contributed by atoms with van der Waals surface area (Å²) in [6, 6.07) is 9.72. The van der Waals surface area contributed by atoms with E-state index in [0.717, 1.165) is 64.0 Å². The number of carbonyl (C=O) groups excluding carboxylic acids is 1. The van der Waals surface area contributed by atoms with Gasteiger partial charge in [-0.3, -0.25) is 14.4 Å². The molecule has 1 saturated heterocycles. The van der Waals surface area contributed by atoms with Crippen LogP contribution in [0.15, 0.2) is 30.3 Å². The Morgan fingerprint density at radius 2 is 2.16 bits per heavy atom. The van der Waals surface area contributed by atoms with E-state index < -0.39 is 11.7 Å². The SMILES string of the molecule is CSNC(=O)c1cc(C2CC2)c(OC2CCCN(Cc3cccc4c3CNC4)C2)cc1F. The minimum Gasteiger partial charge on any atom is -0.489 e. The first-order valence-corrected chi connectivity index (χ1v) is 12.7. The van der Waals surface area contributed by atoms with Crippen LogP contribution in [-0.4, -0.2) is 36.3 Å². The summed E-state index contributed by atoms with van der Waals surface area (Å²) in [6.07, 6.45) is 5.94. The van der Waals surface area contributed by atoms with Gasteiger partial charge in [0.15, 0.2) is 0 Å². The average Bonchev–Trinajstić information content (AvgIpc) is 3.50. The number of carbonyl (C=O) groups is 1. The Labute approximate surface area is 193 Å². The molecule has 0 spiro atoms. The van der Waals surface area contributed by atoms with Crippen molar-refractivity contribution in [3.8, 4) is 5.75 Å². The van der Waals surface area contributed by atoms with E-state index in [-0.39, 0.29) is 11.7 Å². The Morgan fingerprint density at radius 1 is 1.28 bits per heavy atom. The van der Waals surface area contributed by atoms with Crippen LogP contribution >= 0.6 is 11.9 Å². The van der Waals surface area contributed by atoms with Crippen LogP contribution in [0.25, 0.3) is 0 Å². The van der Waals surface area contributed by atoms with Gasteiger partial charge in [0.25, 0.3) is 5.91 Å². The van der Waals surface area contributed by atoms with Crippen LogP contribution in [0.4, 0.5) is 4.39 Å². The number of hydrogen-bond donors (Lipinski definition) is 2. The van der Waals surface area contributed by atoms with E-state index in [1.165, 1.54) is 34.7 Å². The Hall–Kier alpha value is -2.09. The molecule has 0 bridgehead atoms. The van der Waals surface area contributed by atoms with Crippen LogP contribution in [-0.2, 0) is 19.6 Å². The summed E-state index contributed by atoms with van der Waals surface area (Å²) >= 11 is 1.18. The summed E-state index contributed by atoms with van der Waals surface area (Å²) in [6.45, 7) is 4.70. The zero-order valence-corrected chi connectivity index (χ0v) is 19.3. The van der Waals surface area contributed by atoms with E-state index in [1.54, 1.807) is 12.3 Å². The second-order valence-electron chi connectivity index (χ2n) is 9.06. The summed E-state index contributed by atoms with van der Waals surface area (Å²) in [5, 5.41) is 3.45. The summed E-state index contributed by atoms with van der Waals surface area (Å²) < 4.78 is 23.8. The number of fused-ring (bicyclic) bond motifs is 1. The molecule has 2 N–H and O–H groups in total. The van der Waals surface area contributed by atoms with Crippen molar-refractivity contribution in [3.05, 3.63) is 64.0 Å². The van der Waals surface area contributed by atoms with E-state index in [0.29, 0.717) is 11.7 Å². The molecular formula is C25H30FN3O2S. The van der Waals surface area contributed by atoms with Gasteiger partial charge < -0.3 is 10.1 Å². The standard InChI is InChI=1S/C25H30FN3O2S/c1-32-28-25(30)21-10-20(16-7-8-16)24(11-23(21)26)31-19-6-3-9-29(15-19)14-18-5-2-4-17-12-27-13-22(17)18/h2,4-5,10-11,16,19,27H,3,6-9,12-15H2,1H3,(H,28,30). The molecule has 2 aromatic carbocycles. The highest BCUT2D eigenvalue weighted by Crippen LogP contribution is 2.45. The third kappa shape index (κ3) is 4.65. The second kappa shape index (κ2) is 9.41. The molecule has 3 aliphatic rings. The number of piperidine rings is 1. The summed E-state index contributed by atoms with van der Waals surface area (Å²) in [7, 11) is 0. The molecule has 1 saturated carbocycles. The molecule has 0 radical (unpaired) electrons. The van der Waals surface area contributed by atoms with Gasteiger partial charge in [-0.15, -0.1) is 0 Å². The number of amides is 1. The quantitative estimate of drug-likeness (QED) is 0.608. The fraction of sp³-hybridized carbons (Fsp3) is 0.480. The molecular weight excluding hydrogens is 425 g/mol. The first kappa shape index (κ1) is 21.7. The fourth-order valence-corrected chi connectivity index (χ4v) is 5.23. The first-order valence-electron chi connectivity index (χ1n) is 11.5. The monoisotopic (exact) mass is 455 g/mol. The Kier molecular flexibility index (Phi) is 6.40. The lowest BCUT2D eigenvalue weighted by Crippen LogP contribution is -2.41. The highest BCUT2D eigenvalue weighted by molar-refractivity contribution is 7.97. The second-order valence-corrected chi connectivity index (χ2v) is 9.67. The predicted molar refractivity (Wildman–Crippen MR) is 125 cm³/mol. The third-order valence-corrected chi connectivity index (χ3v) is 7.08. The maximum atomic E-state index is 14.8. The van der Waals surface area contributed by atoms with Crippen LogP contribution in [0.3, 0.4) is 0 Å². The number of benzene rings is 2. The van der Waals surface area contributed by atoms with Crippen LogP contribution < -0.4 is 14.8 Å². The maximum Gasteiger partial charge on any atom is 0.264 e. The van der Waals surface area contributed by atoms with Crippen LogP contribution in [0.5, 0.6) is 5.75 Å². The van der Waals surface area contributed by atoms with Crippen molar-refractivity contribution >= 4 is 17.9 Å². The van der Waals surface area contributed by atoms with E-state index in [2.05, 4.69) is 33.1 Å². The Morgan fingerprint density at radius 3 is 2.97 bits per heavy atom. The fourth-order valence-electron chi connectivity index (χ4n) is 4.93. The van der Waals surface area contributed by atoms with E-state index >= 15 is 0 Å². The minimum atomic E-state index is -0.518. The topological polar surface area (TPSA) is 53.6 Å². The third-order valence-electron chi connectivity index (χ3n) is 6.69. The summed E-state index contributed by atoms with van der Waals surface area (Å²) in [5.41, 5.74) is 5.31. The van der Waals surface area contributed by atoms with Crippen LogP contribution in [0.1, 0.15) is 64.2 Å². The zero-order valence-electron chi connectivity index (χ0n) is 18.5. The van der Waals surface area contributed by atoms with Crippen molar-refractivity contribution in [2.45, 2.75) is 57.3 Å². The van der Waals surface area contributed by atoms with Gasteiger partial charge in [-0.05, 0) is 66.5 Å². The predicted octanol–water partition coefficient (Wildman–Crippen LogP) is 4.36. The number of nitrogens with one attached hydrogen (secondary N) is 2. The number of likely N-dealkylation sites (tertiary alicyclic amines) is 1. The van der Waals surface area contributed by atoms with Gasteiger partial charge in [-0.25, -0.2) is 4.39 Å². The van der Waals surface area contributed by atoms with Gasteiger partial charge in [-0.1, -0.05) is 30.1 Å². The number of nitrogens with zero attached hydrogens (tertiary/aromatic N) is 1. The molecule has 170 valence electrons. The van der Waals surface area contributed by atoms with Crippen molar-refractivity contribution < 1.29 is 13.9 Å². The number of rotatable bonds is 7. The van der Waals surface area contributed by atoms with Gasteiger partial charge in [0, 0.05) is 38.5 Å². The van der Waals surface area contributed by atoms with Crippen LogP contribution in [0.2, 0.25) is 0 Å².